The van der Waals surface area contributed by atoms with Gasteiger partial charge in [0.15, 0.2) is 0 Å². The SMILES string of the molecule is Cc1cc(Cl)ccc1NC(=O)C1CCN(C(=O)c2ccccc2Cl)CC1. The highest BCUT2D eigenvalue weighted by molar-refractivity contribution is 6.33. The Balaban J connectivity index is 1.59. The highest BCUT2D eigenvalue weighted by atomic mass is 35.5. The Morgan fingerprint density at radius 2 is 1.77 bits per heavy atom. The molecule has 2 aromatic rings. The molecule has 0 spiro atoms. The lowest BCUT2D eigenvalue weighted by molar-refractivity contribution is -0.121. The Hall–Kier alpha value is -2.04. The van der Waals surface area contributed by atoms with Gasteiger partial charge in [-0.25, -0.2) is 0 Å². The Bertz CT molecular complexity index is 830. The van der Waals surface area contributed by atoms with Crippen molar-refractivity contribution < 1.29 is 9.59 Å². The molecule has 1 heterocycles. The van der Waals surface area contributed by atoms with Crippen LogP contribution in [0.25, 0.3) is 0 Å². The minimum atomic E-state index is -0.111. The van der Waals surface area contributed by atoms with E-state index in [2.05, 4.69) is 5.32 Å². The number of likely N-dealkylation sites (tertiary alicyclic amines) is 1. The van der Waals surface area contributed by atoms with Crippen LogP contribution in [0.4, 0.5) is 5.69 Å². The fourth-order valence-corrected chi connectivity index (χ4v) is 3.60. The largest absolute Gasteiger partial charge is 0.339 e. The van der Waals surface area contributed by atoms with Crippen molar-refractivity contribution in [3.05, 3.63) is 63.6 Å². The van der Waals surface area contributed by atoms with Gasteiger partial charge in [0.1, 0.15) is 0 Å². The first-order valence-corrected chi connectivity index (χ1v) is 9.32. The summed E-state index contributed by atoms with van der Waals surface area (Å²) in [7, 11) is 0. The minimum Gasteiger partial charge on any atom is -0.339 e. The van der Waals surface area contributed by atoms with E-state index in [0.717, 1.165) is 11.3 Å². The first kappa shape index (κ1) is 18.7. The van der Waals surface area contributed by atoms with E-state index in [1.165, 1.54) is 0 Å². The zero-order valence-corrected chi connectivity index (χ0v) is 16.0. The zero-order valence-electron chi connectivity index (χ0n) is 14.5. The third kappa shape index (κ3) is 4.19. The fraction of sp³-hybridized carbons (Fsp3) is 0.300. The average Bonchev–Trinajstić information content (AvgIpc) is 2.64. The van der Waals surface area contributed by atoms with Gasteiger partial charge in [-0.15, -0.1) is 0 Å². The first-order chi connectivity index (χ1) is 12.5. The van der Waals surface area contributed by atoms with Crippen molar-refractivity contribution in [1.29, 1.82) is 0 Å². The second kappa shape index (κ2) is 8.11. The standard InChI is InChI=1S/C20H20Cl2N2O2/c1-13-12-15(21)6-7-18(13)23-19(25)14-8-10-24(11-9-14)20(26)16-4-2-3-5-17(16)22/h2-7,12,14H,8-11H2,1H3,(H,23,25). The molecule has 1 fully saturated rings. The lowest BCUT2D eigenvalue weighted by Gasteiger charge is -2.31. The molecule has 1 aliphatic rings. The van der Waals surface area contributed by atoms with E-state index in [9.17, 15) is 9.59 Å². The van der Waals surface area contributed by atoms with Gasteiger partial charge >= 0.3 is 0 Å². The van der Waals surface area contributed by atoms with Gasteiger partial charge in [0.05, 0.1) is 10.6 Å². The Morgan fingerprint density at radius 1 is 1.08 bits per heavy atom. The zero-order chi connectivity index (χ0) is 18.7. The third-order valence-electron chi connectivity index (χ3n) is 4.70. The van der Waals surface area contributed by atoms with E-state index < -0.39 is 0 Å². The van der Waals surface area contributed by atoms with E-state index in [0.29, 0.717) is 41.5 Å². The molecule has 26 heavy (non-hydrogen) atoms. The average molecular weight is 391 g/mol. The monoisotopic (exact) mass is 390 g/mol. The highest BCUT2D eigenvalue weighted by Gasteiger charge is 2.28. The number of anilines is 1. The Morgan fingerprint density at radius 3 is 2.42 bits per heavy atom. The van der Waals surface area contributed by atoms with Gasteiger partial charge in [0, 0.05) is 29.7 Å². The van der Waals surface area contributed by atoms with Crippen LogP contribution >= 0.6 is 23.2 Å². The topological polar surface area (TPSA) is 49.4 Å². The number of rotatable bonds is 3. The van der Waals surface area contributed by atoms with Gasteiger partial charge in [-0.3, -0.25) is 9.59 Å². The van der Waals surface area contributed by atoms with Crippen LogP contribution < -0.4 is 5.32 Å². The molecule has 0 bridgehead atoms. The third-order valence-corrected chi connectivity index (χ3v) is 5.27. The summed E-state index contributed by atoms with van der Waals surface area (Å²) in [6.07, 6.45) is 1.27. The maximum atomic E-state index is 12.6. The van der Waals surface area contributed by atoms with E-state index >= 15 is 0 Å². The molecule has 6 heteroatoms. The normalized spacial score (nSPS) is 15.0. The lowest BCUT2D eigenvalue weighted by atomic mass is 9.95. The van der Waals surface area contributed by atoms with Crippen LogP contribution in [0.5, 0.6) is 0 Å². The van der Waals surface area contributed by atoms with E-state index in [4.69, 9.17) is 23.2 Å². The molecule has 2 aromatic carbocycles. The quantitative estimate of drug-likeness (QED) is 0.818. The molecule has 0 aromatic heterocycles. The second-order valence-electron chi connectivity index (χ2n) is 6.49. The van der Waals surface area contributed by atoms with Gasteiger partial charge in [-0.1, -0.05) is 35.3 Å². The van der Waals surface area contributed by atoms with Gasteiger partial charge in [-0.05, 0) is 55.7 Å². The number of carbonyl (C=O) groups is 2. The molecule has 0 unspecified atom stereocenters. The van der Waals surface area contributed by atoms with Crippen molar-refractivity contribution in [1.82, 2.24) is 4.90 Å². The molecule has 0 radical (unpaired) electrons. The van der Waals surface area contributed by atoms with Gasteiger partial charge in [-0.2, -0.15) is 0 Å². The first-order valence-electron chi connectivity index (χ1n) is 8.56. The number of hydrogen-bond acceptors (Lipinski definition) is 2. The van der Waals surface area contributed by atoms with Crippen molar-refractivity contribution in [2.45, 2.75) is 19.8 Å². The van der Waals surface area contributed by atoms with Gasteiger partial charge in [0.25, 0.3) is 5.91 Å². The number of hydrogen-bond donors (Lipinski definition) is 1. The van der Waals surface area contributed by atoms with Crippen LogP contribution in [-0.4, -0.2) is 29.8 Å². The molecule has 3 rings (SSSR count). The van der Waals surface area contributed by atoms with E-state index in [1.54, 1.807) is 35.2 Å². The summed E-state index contributed by atoms with van der Waals surface area (Å²) in [5, 5.41) is 4.07. The number of amides is 2. The summed E-state index contributed by atoms with van der Waals surface area (Å²) in [5.74, 6) is -0.205. The number of nitrogens with zero attached hydrogens (tertiary/aromatic N) is 1. The summed E-state index contributed by atoms with van der Waals surface area (Å²) >= 11 is 12.1. The molecule has 136 valence electrons. The predicted molar refractivity (Wildman–Crippen MR) is 105 cm³/mol. The van der Waals surface area contributed by atoms with E-state index in [1.807, 2.05) is 19.1 Å². The summed E-state index contributed by atoms with van der Waals surface area (Å²) in [6.45, 7) is 3.00. The van der Waals surface area contributed by atoms with Gasteiger partial charge < -0.3 is 10.2 Å². The smallest absolute Gasteiger partial charge is 0.255 e. The van der Waals surface area contributed by atoms with Crippen molar-refractivity contribution >= 4 is 40.7 Å². The van der Waals surface area contributed by atoms with Crippen molar-refractivity contribution in [3.63, 3.8) is 0 Å². The molecule has 0 atom stereocenters. The van der Waals surface area contributed by atoms with Crippen LogP contribution in [0.3, 0.4) is 0 Å². The fourth-order valence-electron chi connectivity index (χ4n) is 3.15. The van der Waals surface area contributed by atoms with Gasteiger partial charge in [0.2, 0.25) is 5.91 Å². The van der Waals surface area contributed by atoms with Crippen molar-refractivity contribution in [2.75, 3.05) is 18.4 Å². The summed E-state index contributed by atoms with van der Waals surface area (Å²) in [4.78, 5) is 26.9. The molecule has 1 N–H and O–H groups in total. The second-order valence-corrected chi connectivity index (χ2v) is 7.34. The molecule has 2 amide bonds. The highest BCUT2D eigenvalue weighted by Crippen LogP contribution is 2.25. The summed E-state index contributed by atoms with van der Waals surface area (Å²) in [6, 6.07) is 12.4. The molecular formula is C20H20Cl2N2O2. The van der Waals surface area contributed by atoms with Crippen LogP contribution in [0.1, 0.15) is 28.8 Å². The summed E-state index contributed by atoms with van der Waals surface area (Å²) in [5.41, 5.74) is 2.21. The Kier molecular flexibility index (Phi) is 5.84. The lowest BCUT2D eigenvalue weighted by Crippen LogP contribution is -2.41. The van der Waals surface area contributed by atoms with Crippen molar-refractivity contribution in [3.8, 4) is 0 Å². The summed E-state index contributed by atoms with van der Waals surface area (Å²) < 4.78 is 0. The minimum absolute atomic E-state index is 0.0136. The maximum Gasteiger partial charge on any atom is 0.255 e. The molecular weight excluding hydrogens is 371 g/mol. The number of benzene rings is 2. The Labute approximate surface area is 163 Å². The van der Waals surface area contributed by atoms with Crippen LogP contribution in [0, 0.1) is 12.8 Å². The van der Waals surface area contributed by atoms with Crippen LogP contribution in [-0.2, 0) is 4.79 Å². The number of halogens is 2. The maximum absolute atomic E-state index is 12.6. The number of carbonyl (C=O) groups excluding carboxylic acids is 2. The number of piperidine rings is 1. The van der Waals surface area contributed by atoms with Crippen molar-refractivity contribution in [2.24, 2.45) is 5.92 Å². The molecule has 1 saturated heterocycles. The molecule has 4 nitrogen and oxygen atoms in total. The molecule has 0 saturated carbocycles. The van der Waals surface area contributed by atoms with E-state index in [-0.39, 0.29) is 17.7 Å². The van der Waals surface area contributed by atoms with Crippen LogP contribution in [0.15, 0.2) is 42.5 Å². The molecule has 0 aliphatic carbocycles. The van der Waals surface area contributed by atoms with Crippen LogP contribution in [0.2, 0.25) is 10.0 Å². The number of aryl methyl sites for hydroxylation is 1. The predicted octanol–water partition coefficient (Wildman–Crippen LogP) is 4.79. The molecule has 1 aliphatic heterocycles. The number of nitrogens with one attached hydrogen (secondary N) is 1.